The highest BCUT2D eigenvalue weighted by molar-refractivity contribution is 7.89. The van der Waals surface area contributed by atoms with Crippen LogP contribution in [0.3, 0.4) is 0 Å². The standard InChI is InChI=1S/C21H21ClFN5O3S/c22-17-7-5-15(11-20(17)32(30,31)27-9-3-1-2-4-10-27)21(29)26-16-6-8-19(18(23)12-16)28-14-24-13-25-28/h5-8,11-14H,1-4,9-10H2,(H,26,29). The fourth-order valence-corrected chi connectivity index (χ4v) is 5.59. The molecule has 1 saturated heterocycles. The van der Waals surface area contributed by atoms with Crippen LogP contribution < -0.4 is 5.32 Å². The number of carbonyl (C=O) groups excluding carboxylic acids is 1. The third kappa shape index (κ3) is 4.67. The van der Waals surface area contributed by atoms with E-state index in [-0.39, 0.29) is 26.9 Å². The lowest BCUT2D eigenvalue weighted by Crippen LogP contribution is -2.32. The van der Waals surface area contributed by atoms with Crippen molar-refractivity contribution in [1.82, 2.24) is 19.1 Å². The van der Waals surface area contributed by atoms with E-state index in [9.17, 15) is 17.6 Å². The number of nitrogens with one attached hydrogen (secondary N) is 1. The molecule has 1 amide bonds. The van der Waals surface area contributed by atoms with E-state index in [1.807, 2.05) is 0 Å². The third-order valence-electron chi connectivity index (χ3n) is 5.25. The normalized spacial score (nSPS) is 15.3. The molecular weight excluding hydrogens is 457 g/mol. The van der Waals surface area contributed by atoms with Gasteiger partial charge >= 0.3 is 0 Å². The Labute approximate surface area is 190 Å². The van der Waals surface area contributed by atoms with Crippen LogP contribution in [0.15, 0.2) is 53.9 Å². The molecule has 0 saturated carbocycles. The highest BCUT2D eigenvalue weighted by atomic mass is 35.5. The van der Waals surface area contributed by atoms with E-state index in [1.54, 1.807) is 0 Å². The number of anilines is 1. The SMILES string of the molecule is O=C(Nc1ccc(-n2cncn2)c(F)c1)c1ccc(Cl)c(S(=O)(=O)N2CCCCCC2)c1. The van der Waals surface area contributed by atoms with Gasteiger partial charge in [0.1, 0.15) is 23.2 Å². The molecular formula is C21H21ClFN5O3S. The van der Waals surface area contributed by atoms with Crippen molar-refractivity contribution in [2.75, 3.05) is 18.4 Å². The largest absolute Gasteiger partial charge is 0.322 e. The van der Waals surface area contributed by atoms with Gasteiger partial charge in [0.05, 0.1) is 5.02 Å². The molecule has 1 N–H and O–H groups in total. The molecule has 0 bridgehead atoms. The van der Waals surface area contributed by atoms with E-state index in [0.29, 0.717) is 13.1 Å². The maximum atomic E-state index is 14.4. The number of nitrogens with zero attached hydrogens (tertiary/aromatic N) is 4. The van der Waals surface area contributed by atoms with Crippen molar-refractivity contribution >= 4 is 33.2 Å². The van der Waals surface area contributed by atoms with Gasteiger partial charge in [-0.05, 0) is 49.2 Å². The van der Waals surface area contributed by atoms with Crippen LogP contribution in [0.25, 0.3) is 5.69 Å². The summed E-state index contributed by atoms with van der Waals surface area (Å²) in [4.78, 5) is 16.4. The van der Waals surface area contributed by atoms with E-state index >= 15 is 0 Å². The van der Waals surface area contributed by atoms with Crippen molar-refractivity contribution < 1.29 is 17.6 Å². The molecule has 8 nitrogen and oxygen atoms in total. The minimum atomic E-state index is -3.84. The predicted octanol–water partition coefficient (Wildman–Crippen LogP) is 3.88. The molecule has 168 valence electrons. The molecule has 4 rings (SSSR count). The van der Waals surface area contributed by atoms with Gasteiger partial charge in [-0.3, -0.25) is 4.79 Å². The third-order valence-corrected chi connectivity index (χ3v) is 7.63. The molecule has 2 aromatic carbocycles. The van der Waals surface area contributed by atoms with Crippen LogP contribution >= 0.6 is 11.6 Å². The first-order chi connectivity index (χ1) is 15.4. The molecule has 0 atom stereocenters. The number of sulfonamides is 1. The molecule has 3 aromatic rings. The molecule has 0 aliphatic carbocycles. The van der Waals surface area contributed by atoms with E-state index < -0.39 is 21.7 Å². The first-order valence-corrected chi connectivity index (χ1v) is 11.9. The smallest absolute Gasteiger partial charge is 0.255 e. The minimum Gasteiger partial charge on any atom is -0.322 e. The summed E-state index contributed by atoms with van der Waals surface area (Å²) in [6.07, 6.45) is 6.17. The Morgan fingerprint density at radius 1 is 1.06 bits per heavy atom. The average molecular weight is 478 g/mol. The Bertz CT molecular complexity index is 1230. The maximum absolute atomic E-state index is 14.4. The van der Waals surface area contributed by atoms with Crippen LogP contribution in [0.5, 0.6) is 0 Å². The number of carbonyl (C=O) groups is 1. The van der Waals surface area contributed by atoms with Crippen LogP contribution in [0.2, 0.25) is 5.02 Å². The van der Waals surface area contributed by atoms with Gasteiger partial charge in [0.15, 0.2) is 5.82 Å². The number of aromatic nitrogens is 3. The molecule has 0 radical (unpaired) electrons. The monoisotopic (exact) mass is 477 g/mol. The number of rotatable bonds is 5. The lowest BCUT2D eigenvalue weighted by atomic mass is 10.2. The second kappa shape index (κ2) is 9.35. The summed E-state index contributed by atoms with van der Waals surface area (Å²) in [5.74, 6) is -1.18. The van der Waals surface area contributed by atoms with Crippen molar-refractivity contribution in [1.29, 1.82) is 0 Å². The summed E-state index contributed by atoms with van der Waals surface area (Å²) >= 11 is 6.19. The van der Waals surface area contributed by atoms with Gasteiger partial charge < -0.3 is 5.32 Å². The summed E-state index contributed by atoms with van der Waals surface area (Å²) in [5.41, 5.74) is 0.490. The molecule has 1 fully saturated rings. The quantitative estimate of drug-likeness (QED) is 0.601. The van der Waals surface area contributed by atoms with Crippen LogP contribution in [0.4, 0.5) is 10.1 Å². The van der Waals surface area contributed by atoms with Crippen molar-refractivity contribution in [3.63, 3.8) is 0 Å². The Morgan fingerprint density at radius 3 is 2.47 bits per heavy atom. The topological polar surface area (TPSA) is 97.2 Å². The van der Waals surface area contributed by atoms with Gasteiger partial charge in [-0.2, -0.15) is 9.40 Å². The minimum absolute atomic E-state index is 0.0500. The van der Waals surface area contributed by atoms with Gasteiger partial charge in [-0.25, -0.2) is 22.5 Å². The predicted molar refractivity (Wildman–Crippen MR) is 118 cm³/mol. The van der Waals surface area contributed by atoms with Crippen molar-refractivity contribution in [3.05, 3.63) is 65.5 Å². The molecule has 1 aromatic heterocycles. The average Bonchev–Trinajstić information content (AvgIpc) is 3.14. The van der Waals surface area contributed by atoms with Crippen molar-refractivity contribution in [3.8, 4) is 5.69 Å². The highest BCUT2D eigenvalue weighted by Gasteiger charge is 2.28. The van der Waals surface area contributed by atoms with Crippen LogP contribution in [0.1, 0.15) is 36.0 Å². The number of benzene rings is 2. The number of hydrogen-bond acceptors (Lipinski definition) is 5. The fourth-order valence-electron chi connectivity index (χ4n) is 3.57. The molecule has 0 unspecified atom stereocenters. The van der Waals surface area contributed by atoms with Crippen molar-refractivity contribution in [2.45, 2.75) is 30.6 Å². The Balaban J connectivity index is 1.57. The van der Waals surface area contributed by atoms with E-state index in [0.717, 1.165) is 31.7 Å². The zero-order valence-corrected chi connectivity index (χ0v) is 18.6. The summed E-state index contributed by atoms with van der Waals surface area (Å²) in [5, 5.41) is 6.51. The summed E-state index contributed by atoms with van der Waals surface area (Å²) in [6.45, 7) is 0.846. The summed E-state index contributed by atoms with van der Waals surface area (Å²) < 4.78 is 43.4. The van der Waals surface area contributed by atoms with Gasteiger partial charge in [0, 0.05) is 24.3 Å². The van der Waals surface area contributed by atoms with Crippen LogP contribution in [-0.2, 0) is 10.0 Å². The number of hydrogen-bond donors (Lipinski definition) is 1. The highest BCUT2D eigenvalue weighted by Crippen LogP contribution is 2.28. The van der Waals surface area contributed by atoms with Gasteiger partial charge in [0.25, 0.3) is 5.91 Å². The first kappa shape index (κ1) is 22.4. The fraction of sp³-hybridized carbons (Fsp3) is 0.286. The van der Waals surface area contributed by atoms with E-state index in [4.69, 9.17) is 11.6 Å². The number of halogens is 2. The molecule has 0 spiro atoms. The van der Waals surface area contributed by atoms with Crippen molar-refractivity contribution in [2.24, 2.45) is 0 Å². The zero-order valence-electron chi connectivity index (χ0n) is 17.0. The van der Waals surface area contributed by atoms with Gasteiger partial charge in [-0.1, -0.05) is 24.4 Å². The van der Waals surface area contributed by atoms with Gasteiger partial charge in [-0.15, -0.1) is 0 Å². The Hall–Kier alpha value is -2.82. The second-order valence-electron chi connectivity index (χ2n) is 7.42. The zero-order chi connectivity index (χ0) is 22.7. The Morgan fingerprint density at radius 2 is 1.81 bits per heavy atom. The molecule has 32 heavy (non-hydrogen) atoms. The Kier molecular flexibility index (Phi) is 6.54. The molecule has 1 aliphatic rings. The van der Waals surface area contributed by atoms with Gasteiger partial charge in [0.2, 0.25) is 10.0 Å². The lowest BCUT2D eigenvalue weighted by Gasteiger charge is -2.21. The van der Waals surface area contributed by atoms with E-state index in [1.165, 1.54) is 52.0 Å². The lowest BCUT2D eigenvalue weighted by molar-refractivity contribution is 0.102. The molecule has 2 heterocycles. The van der Waals surface area contributed by atoms with E-state index in [2.05, 4.69) is 15.4 Å². The van der Waals surface area contributed by atoms with Crippen LogP contribution in [0, 0.1) is 5.82 Å². The second-order valence-corrected chi connectivity index (χ2v) is 9.74. The molecule has 11 heteroatoms. The van der Waals surface area contributed by atoms with Crippen LogP contribution in [-0.4, -0.2) is 46.5 Å². The summed E-state index contributed by atoms with van der Waals surface area (Å²) in [7, 11) is -3.84. The first-order valence-electron chi connectivity index (χ1n) is 10.1. The maximum Gasteiger partial charge on any atom is 0.255 e. The summed E-state index contributed by atoms with van der Waals surface area (Å²) in [6, 6.07) is 8.20. The molecule has 1 aliphatic heterocycles. The number of amides is 1.